The molecule has 0 atom stereocenters. The van der Waals surface area contributed by atoms with Crippen LogP contribution in [-0.4, -0.2) is 10.6 Å². The Morgan fingerprint density at radius 3 is 3.00 bits per heavy atom. The Kier molecular flexibility index (Phi) is 1.93. The fourth-order valence-corrected chi connectivity index (χ4v) is 1.47. The van der Waals surface area contributed by atoms with Crippen molar-refractivity contribution in [1.82, 2.24) is 0 Å². The van der Waals surface area contributed by atoms with E-state index >= 15 is 0 Å². The van der Waals surface area contributed by atoms with Crippen LogP contribution in [-0.2, 0) is 11.2 Å². The number of anilines is 1. The van der Waals surface area contributed by atoms with Crippen LogP contribution in [0.25, 0.3) is 0 Å². The standard InChI is InChI=1S/C10H11NO2/c1-13-8-3-4-9-7(6-8)2-5-10(12)11-9/h3-4,6,13H,1-2,5H2,(H,11,12). The third-order valence-corrected chi connectivity index (χ3v) is 2.17. The third kappa shape index (κ3) is 1.49. The first-order chi connectivity index (χ1) is 6.29. The van der Waals surface area contributed by atoms with E-state index in [-0.39, 0.29) is 5.91 Å². The van der Waals surface area contributed by atoms with Gasteiger partial charge in [0, 0.05) is 24.2 Å². The van der Waals surface area contributed by atoms with E-state index in [0.29, 0.717) is 6.42 Å². The number of amides is 1. The number of carbonyl (C=O) groups excluding carboxylic acids is 1. The highest BCUT2D eigenvalue weighted by Crippen LogP contribution is 2.26. The molecule has 3 nitrogen and oxygen atoms in total. The van der Waals surface area contributed by atoms with Crippen molar-refractivity contribution in [3.05, 3.63) is 30.9 Å². The smallest absolute Gasteiger partial charge is 0.226 e. The average molecular weight is 177 g/mol. The summed E-state index contributed by atoms with van der Waals surface area (Å²) >= 11 is 0. The van der Waals surface area contributed by atoms with Gasteiger partial charge in [-0.15, -0.1) is 0 Å². The predicted octanol–water partition coefficient (Wildman–Crippen LogP) is 1.60. The summed E-state index contributed by atoms with van der Waals surface area (Å²) in [6, 6.07) is 5.68. The summed E-state index contributed by atoms with van der Waals surface area (Å²) in [4.78, 5) is 11.0. The first-order valence-electron chi connectivity index (χ1n) is 4.19. The van der Waals surface area contributed by atoms with Crippen LogP contribution < -0.4 is 5.32 Å². The third-order valence-electron chi connectivity index (χ3n) is 2.17. The van der Waals surface area contributed by atoms with Crippen molar-refractivity contribution in [3.8, 4) is 5.75 Å². The zero-order chi connectivity index (χ0) is 9.26. The van der Waals surface area contributed by atoms with Crippen LogP contribution in [0.3, 0.4) is 0 Å². The Morgan fingerprint density at radius 1 is 1.38 bits per heavy atom. The number of nitrogens with one attached hydrogen (secondary N) is 1. The molecule has 1 aliphatic heterocycles. The summed E-state index contributed by atoms with van der Waals surface area (Å²) in [5, 5.41) is 2.81. The maximum Gasteiger partial charge on any atom is 0.226 e. The van der Waals surface area contributed by atoms with Crippen molar-refractivity contribution in [1.29, 1.82) is 0 Å². The topological polar surface area (TPSA) is 41.9 Å². The van der Waals surface area contributed by atoms with E-state index in [2.05, 4.69) is 17.2 Å². The Labute approximate surface area is 76.7 Å². The lowest BCUT2D eigenvalue weighted by atomic mass is 10.0. The molecule has 0 aromatic heterocycles. The zero-order valence-electron chi connectivity index (χ0n) is 7.21. The molecule has 0 bridgehead atoms. The fraction of sp³-hybridized carbons (Fsp3) is 0.200. The summed E-state index contributed by atoms with van der Waals surface area (Å²) in [6.45, 7) is 0. The Balaban J connectivity index is 2.36. The van der Waals surface area contributed by atoms with Crippen LogP contribution in [0.1, 0.15) is 12.0 Å². The highest BCUT2D eigenvalue weighted by molar-refractivity contribution is 5.93. The predicted molar refractivity (Wildman–Crippen MR) is 50.4 cm³/mol. The maximum atomic E-state index is 11.0. The molecule has 0 saturated heterocycles. The number of aromatic hydroxyl groups is 1. The second-order valence-electron chi connectivity index (χ2n) is 3.05. The number of hydrogen-bond donors (Lipinski definition) is 1. The first kappa shape index (κ1) is 8.10. The second-order valence-corrected chi connectivity index (χ2v) is 3.05. The summed E-state index contributed by atoms with van der Waals surface area (Å²) < 4.78 is 3.83. The van der Waals surface area contributed by atoms with Crippen molar-refractivity contribution in [2.75, 3.05) is 5.32 Å². The van der Waals surface area contributed by atoms with Crippen LogP contribution in [0.5, 0.6) is 5.75 Å². The molecule has 3 heteroatoms. The van der Waals surface area contributed by atoms with E-state index in [1.807, 2.05) is 18.2 Å². The molecule has 0 fully saturated rings. The molecule has 2 rings (SSSR count). The van der Waals surface area contributed by atoms with E-state index in [4.69, 9.17) is 0 Å². The molecule has 1 aliphatic rings. The van der Waals surface area contributed by atoms with Gasteiger partial charge in [0.2, 0.25) is 11.7 Å². The van der Waals surface area contributed by atoms with Crippen molar-refractivity contribution in [3.63, 3.8) is 0 Å². The number of rotatable bonds is 1. The first-order valence-corrected chi connectivity index (χ1v) is 4.19. The van der Waals surface area contributed by atoms with Gasteiger partial charge in [0.25, 0.3) is 0 Å². The van der Waals surface area contributed by atoms with Crippen LogP contribution in [0.4, 0.5) is 5.69 Å². The maximum absolute atomic E-state index is 11.0. The molecule has 0 aliphatic carbocycles. The summed E-state index contributed by atoms with van der Waals surface area (Å²) in [7, 11) is 3.46. The minimum Gasteiger partial charge on any atom is -0.722 e. The van der Waals surface area contributed by atoms with Crippen LogP contribution in [0.15, 0.2) is 18.2 Å². The molecule has 0 spiro atoms. The molecule has 2 N–H and O–H groups in total. The highest BCUT2D eigenvalue weighted by Gasteiger charge is 2.15. The van der Waals surface area contributed by atoms with Crippen molar-refractivity contribution >= 4 is 11.6 Å². The van der Waals surface area contributed by atoms with E-state index < -0.39 is 0 Å². The quantitative estimate of drug-likeness (QED) is 0.395. The van der Waals surface area contributed by atoms with Crippen molar-refractivity contribution < 1.29 is 9.53 Å². The molecule has 0 radical (unpaired) electrons. The molecular weight excluding hydrogens is 166 g/mol. The Hall–Kier alpha value is -1.51. The summed E-state index contributed by atoms with van der Waals surface area (Å²) in [5.41, 5.74) is 2.05. The van der Waals surface area contributed by atoms with Gasteiger partial charge in [0.1, 0.15) is 0 Å². The number of aryl methyl sites for hydroxylation is 1. The zero-order valence-corrected chi connectivity index (χ0v) is 7.21. The number of hydrogen-bond acceptors (Lipinski definition) is 1. The number of fused-ring (bicyclic) bond motifs is 1. The largest absolute Gasteiger partial charge is 0.722 e. The molecule has 13 heavy (non-hydrogen) atoms. The molecule has 1 aromatic rings. The molecule has 68 valence electrons. The van der Waals surface area contributed by atoms with Gasteiger partial charge in [0.15, 0.2) is 0 Å². The normalized spacial score (nSPS) is 14.7. The molecule has 0 saturated carbocycles. The van der Waals surface area contributed by atoms with E-state index in [9.17, 15) is 4.79 Å². The average Bonchev–Trinajstić information content (AvgIpc) is 2.17. The lowest BCUT2D eigenvalue weighted by Gasteiger charge is -2.16. The summed E-state index contributed by atoms with van der Waals surface area (Å²) in [5.74, 6) is 0.946. The van der Waals surface area contributed by atoms with Crippen molar-refractivity contribution in [2.24, 2.45) is 0 Å². The molecule has 1 amide bonds. The van der Waals surface area contributed by atoms with E-state index in [0.717, 1.165) is 23.4 Å². The summed E-state index contributed by atoms with van der Waals surface area (Å²) in [6.07, 6.45) is 1.36. The Morgan fingerprint density at radius 2 is 2.23 bits per heavy atom. The minimum atomic E-state index is 0.0896. The van der Waals surface area contributed by atoms with Crippen molar-refractivity contribution in [2.45, 2.75) is 12.8 Å². The number of aliphatic hydroxyl groups is 1. The van der Waals surface area contributed by atoms with Crippen LogP contribution in [0.2, 0.25) is 0 Å². The molecular formula is C10H11NO2. The van der Waals surface area contributed by atoms with Gasteiger partial charge in [-0.2, -0.15) is 0 Å². The number of carbonyl (C=O) groups is 1. The minimum absolute atomic E-state index is 0.0896. The van der Waals surface area contributed by atoms with Gasteiger partial charge < -0.3 is 10.1 Å². The Bertz CT molecular complexity index is 347. The lowest BCUT2D eigenvalue weighted by Crippen LogP contribution is -2.18. The highest BCUT2D eigenvalue weighted by atomic mass is 16.5. The SMILES string of the molecule is [CH2-][OH+]c1ccc2c(c1)CCC(=O)N2. The number of benzene rings is 1. The second kappa shape index (κ2) is 3.09. The molecule has 1 aromatic carbocycles. The fourth-order valence-electron chi connectivity index (χ4n) is 1.47. The monoisotopic (exact) mass is 177 g/mol. The number of ether oxygens (including phenoxy) is 1. The van der Waals surface area contributed by atoms with E-state index in [1.54, 1.807) is 0 Å². The van der Waals surface area contributed by atoms with Gasteiger partial charge in [-0.3, -0.25) is 4.79 Å². The van der Waals surface area contributed by atoms with Gasteiger partial charge in [-0.25, -0.2) is 0 Å². The van der Waals surface area contributed by atoms with Crippen LogP contribution in [0, 0.1) is 7.11 Å². The van der Waals surface area contributed by atoms with Gasteiger partial charge in [-0.1, -0.05) is 0 Å². The molecule has 1 heterocycles. The molecule has 0 unspecified atom stereocenters. The van der Waals surface area contributed by atoms with Crippen LogP contribution >= 0.6 is 0 Å². The lowest BCUT2D eigenvalue weighted by molar-refractivity contribution is -0.116. The van der Waals surface area contributed by atoms with Gasteiger partial charge in [-0.05, 0) is 25.2 Å². The van der Waals surface area contributed by atoms with Gasteiger partial charge in [0.05, 0.1) is 0 Å². The van der Waals surface area contributed by atoms with Gasteiger partial charge >= 0.3 is 0 Å². The van der Waals surface area contributed by atoms with E-state index in [1.165, 1.54) is 0 Å².